The van der Waals surface area contributed by atoms with E-state index >= 15 is 0 Å². The first-order valence-electron chi connectivity index (χ1n) is 6.18. The second-order valence-electron chi connectivity index (χ2n) is 4.10. The molecule has 0 unspecified atom stereocenters. The first-order valence-corrected chi connectivity index (χ1v) is 6.18. The van der Waals surface area contributed by atoms with Gasteiger partial charge in [0.05, 0.1) is 19.9 Å². The molecule has 0 bridgehead atoms. The lowest BCUT2D eigenvalue weighted by Crippen LogP contribution is -2.40. The molecule has 0 atom stereocenters. The fourth-order valence-corrected chi connectivity index (χ4v) is 1.56. The number of nitrogen functional groups attached to an aromatic ring is 1. The van der Waals surface area contributed by atoms with Crippen LogP contribution < -0.4 is 5.73 Å². The fraction of sp³-hybridized carbons (Fsp3) is 0.500. The Morgan fingerprint density at radius 3 is 2.14 bits per heavy atom. The van der Waals surface area contributed by atoms with E-state index in [2.05, 4.69) is 14.6 Å². The van der Waals surface area contributed by atoms with Gasteiger partial charge in [-0.3, -0.25) is 19.1 Å². The molecule has 1 amide bonds. The van der Waals surface area contributed by atoms with Gasteiger partial charge in [0.15, 0.2) is 5.69 Å². The molecule has 0 aliphatic rings. The van der Waals surface area contributed by atoms with Gasteiger partial charge in [0.25, 0.3) is 5.91 Å². The number of anilines is 1. The van der Waals surface area contributed by atoms with Crippen LogP contribution in [-0.2, 0) is 25.6 Å². The standard InChI is InChI=1S/C12H18N4O5/c1-4-16-5-8(13)11(14-16)12(19)15(6-9(17)20-2)7-10(18)21-3/h5H,4,6-7,13H2,1-3H3. The Balaban J connectivity index is 2.99. The van der Waals surface area contributed by atoms with Crippen molar-refractivity contribution in [1.82, 2.24) is 14.7 Å². The van der Waals surface area contributed by atoms with Crippen LogP contribution in [0.5, 0.6) is 0 Å². The molecular weight excluding hydrogens is 280 g/mol. The van der Waals surface area contributed by atoms with Gasteiger partial charge < -0.3 is 20.1 Å². The molecule has 1 aromatic rings. The zero-order chi connectivity index (χ0) is 16.0. The van der Waals surface area contributed by atoms with Crippen LogP contribution in [-0.4, -0.2) is 59.8 Å². The number of esters is 2. The molecular formula is C12H18N4O5. The molecule has 2 N–H and O–H groups in total. The summed E-state index contributed by atoms with van der Waals surface area (Å²) in [7, 11) is 2.37. The Kier molecular flexibility index (Phi) is 5.70. The number of carbonyl (C=O) groups is 3. The minimum Gasteiger partial charge on any atom is -0.468 e. The number of rotatable bonds is 6. The highest BCUT2D eigenvalue weighted by molar-refractivity contribution is 5.99. The summed E-state index contributed by atoms with van der Waals surface area (Å²) in [6.45, 7) is 1.57. The van der Waals surface area contributed by atoms with E-state index in [1.54, 1.807) is 0 Å². The number of carbonyl (C=O) groups excluding carboxylic acids is 3. The molecule has 21 heavy (non-hydrogen) atoms. The maximum Gasteiger partial charge on any atom is 0.325 e. The number of hydrogen-bond acceptors (Lipinski definition) is 7. The van der Waals surface area contributed by atoms with E-state index in [-0.39, 0.29) is 11.4 Å². The third-order valence-corrected chi connectivity index (χ3v) is 2.70. The SMILES string of the molecule is CCn1cc(N)c(C(=O)N(CC(=O)OC)CC(=O)OC)n1. The second kappa shape index (κ2) is 7.27. The van der Waals surface area contributed by atoms with Gasteiger partial charge in [0, 0.05) is 12.7 Å². The molecule has 0 radical (unpaired) electrons. The first kappa shape index (κ1) is 16.5. The zero-order valence-electron chi connectivity index (χ0n) is 12.2. The molecule has 0 saturated carbocycles. The van der Waals surface area contributed by atoms with Gasteiger partial charge in [-0.15, -0.1) is 0 Å². The van der Waals surface area contributed by atoms with Crippen molar-refractivity contribution in [3.8, 4) is 0 Å². The molecule has 0 aromatic carbocycles. The lowest BCUT2D eigenvalue weighted by Gasteiger charge is -2.19. The van der Waals surface area contributed by atoms with E-state index in [1.165, 1.54) is 25.1 Å². The van der Waals surface area contributed by atoms with Gasteiger partial charge in [-0.05, 0) is 6.92 Å². The minimum absolute atomic E-state index is 0.0235. The lowest BCUT2D eigenvalue weighted by atomic mass is 10.3. The molecule has 0 aliphatic heterocycles. The number of ether oxygens (including phenoxy) is 2. The van der Waals surface area contributed by atoms with Crippen LogP contribution in [0, 0.1) is 0 Å². The number of methoxy groups -OCH3 is 2. The average molecular weight is 298 g/mol. The fourth-order valence-electron chi connectivity index (χ4n) is 1.56. The Labute approximate surface area is 121 Å². The Morgan fingerprint density at radius 2 is 1.76 bits per heavy atom. The first-order chi connectivity index (χ1) is 9.92. The molecule has 1 rings (SSSR count). The average Bonchev–Trinajstić information content (AvgIpc) is 2.86. The van der Waals surface area contributed by atoms with Crippen LogP contribution in [0.25, 0.3) is 0 Å². The van der Waals surface area contributed by atoms with Crippen LogP contribution in [0.4, 0.5) is 5.69 Å². The molecule has 1 aromatic heterocycles. The normalized spacial score (nSPS) is 10.0. The van der Waals surface area contributed by atoms with E-state index in [4.69, 9.17) is 5.73 Å². The monoisotopic (exact) mass is 298 g/mol. The van der Waals surface area contributed by atoms with Gasteiger partial charge in [0.1, 0.15) is 13.1 Å². The predicted molar refractivity (Wildman–Crippen MR) is 72.2 cm³/mol. The van der Waals surface area contributed by atoms with E-state index < -0.39 is 30.9 Å². The maximum absolute atomic E-state index is 12.4. The summed E-state index contributed by atoms with van der Waals surface area (Å²) in [4.78, 5) is 36.0. The summed E-state index contributed by atoms with van der Waals surface area (Å²) < 4.78 is 10.5. The summed E-state index contributed by atoms with van der Waals surface area (Å²) in [5.41, 5.74) is 5.86. The highest BCUT2D eigenvalue weighted by Crippen LogP contribution is 2.12. The van der Waals surface area contributed by atoms with Gasteiger partial charge in [-0.25, -0.2) is 0 Å². The van der Waals surface area contributed by atoms with E-state index in [1.807, 2.05) is 6.92 Å². The van der Waals surface area contributed by atoms with Gasteiger partial charge in [-0.2, -0.15) is 5.10 Å². The maximum atomic E-state index is 12.4. The highest BCUT2D eigenvalue weighted by atomic mass is 16.5. The summed E-state index contributed by atoms with van der Waals surface area (Å²) in [5, 5.41) is 4.01. The van der Waals surface area contributed by atoms with Crippen molar-refractivity contribution in [2.45, 2.75) is 13.5 Å². The van der Waals surface area contributed by atoms with E-state index in [9.17, 15) is 14.4 Å². The van der Waals surface area contributed by atoms with Gasteiger partial charge in [0.2, 0.25) is 0 Å². The predicted octanol–water partition coefficient (Wildman–Crippen LogP) is -0.727. The Hall–Kier alpha value is -2.58. The third kappa shape index (κ3) is 4.20. The van der Waals surface area contributed by atoms with Crippen LogP contribution in [0.2, 0.25) is 0 Å². The largest absolute Gasteiger partial charge is 0.468 e. The molecule has 0 saturated heterocycles. The topological polar surface area (TPSA) is 117 Å². The number of amides is 1. The number of aryl methyl sites for hydroxylation is 1. The summed E-state index contributed by atoms with van der Waals surface area (Å²) in [5.74, 6) is -1.98. The zero-order valence-corrected chi connectivity index (χ0v) is 12.2. The summed E-state index contributed by atoms with van der Waals surface area (Å²) in [6.07, 6.45) is 1.50. The van der Waals surface area contributed by atoms with Gasteiger partial charge in [-0.1, -0.05) is 0 Å². The Morgan fingerprint density at radius 1 is 1.24 bits per heavy atom. The van der Waals surface area contributed by atoms with Crippen LogP contribution in [0.3, 0.4) is 0 Å². The summed E-state index contributed by atoms with van der Waals surface area (Å²) in [6, 6.07) is 0. The van der Waals surface area contributed by atoms with Crippen LogP contribution in [0.1, 0.15) is 17.4 Å². The van der Waals surface area contributed by atoms with Crippen LogP contribution >= 0.6 is 0 Å². The third-order valence-electron chi connectivity index (χ3n) is 2.70. The smallest absolute Gasteiger partial charge is 0.325 e. The molecule has 9 nitrogen and oxygen atoms in total. The number of nitrogens with zero attached hydrogens (tertiary/aromatic N) is 3. The van der Waals surface area contributed by atoms with Crippen molar-refractivity contribution in [3.63, 3.8) is 0 Å². The second-order valence-corrected chi connectivity index (χ2v) is 4.10. The molecule has 0 aliphatic carbocycles. The van der Waals surface area contributed by atoms with Crippen LogP contribution in [0.15, 0.2) is 6.20 Å². The number of hydrogen-bond donors (Lipinski definition) is 1. The van der Waals surface area contributed by atoms with Crippen molar-refractivity contribution >= 4 is 23.5 Å². The molecule has 9 heteroatoms. The Bertz CT molecular complexity index is 522. The van der Waals surface area contributed by atoms with Crippen molar-refractivity contribution in [1.29, 1.82) is 0 Å². The molecule has 1 heterocycles. The van der Waals surface area contributed by atoms with Gasteiger partial charge >= 0.3 is 11.9 Å². The van der Waals surface area contributed by atoms with Crippen molar-refractivity contribution < 1.29 is 23.9 Å². The lowest BCUT2D eigenvalue weighted by molar-refractivity contribution is -0.144. The molecule has 116 valence electrons. The van der Waals surface area contributed by atoms with Crippen molar-refractivity contribution in [2.24, 2.45) is 0 Å². The quantitative estimate of drug-likeness (QED) is 0.688. The number of nitrogens with two attached hydrogens (primary N) is 1. The minimum atomic E-state index is -0.666. The molecule has 0 fully saturated rings. The van der Waals surface area contributed by atoms with E-state index in [0.717, 1.165) is 4.90 Å². The molecule has 0 spiro atoms. The van der Waals surface area contributed by atoms with E-state index in [0.29, 0.717) is 6.54 Å². The number of aromatic nitrogens is 2. The van der Waals surface area contributed by atoms with Crippen molar-refractivity contribution in [3.05, 3.63) is 11.9 Å². The summed E-state index contributed by atoms with van der Waals surface area (Å²) >= 11 is 0. The van der Waals surface area contributed by atoms with Crippen molar-refractivity contribution in [2.75, 3.05) is 33.0 Å². The highest BCUT2D eigenvalue weighted by Gasteiger charge is 2.26.